The molecule has 0 radical (unpaired) electrons. The van der Waals surface area contributed by atoms with E-state index in [1.807, 2.05) is 6.92 Å². The van der Waals surface area contributed by atoms with Gasteiger partial charge in [0.25, 0.3) is 0 Å². The van der Waals surface area contributed by atoms with Crippen molar-refractivity contribution in [2.45, 2.75) is 96.5 Å². The number of ether oxygens (including phenoxy) is 2. The van der Waals surface area contributed by atoms with Gasteiger partial charge in [-0.2, -0.15) is 0 Å². The van der Waals surface area contributed by atoms with Gasteiger partial charge in [-0.1, -0.05) is 64.7 Å². The normalized spacial score (nSPS) is 20.7. The number of carbonyl (C=O) groups is 1. The number of rotatable bonds is 14. The summed E-state index contributed by atoms with van der Waals surface area (Å²) >= 11 is 0. The van der Waals surface area contributed by atoms with Crippen molar-refractivity contribution in [3.63, 3.8) is 0 Å². The minimum absolute atomic E-state index is 0.125. The van der Waals surface area contributed by atoms with Crippen LogP contribution in [0.2, 0.25) is 0 Å². The first kappa shape index (κ1) is 20.2. The van der Waals surface area contributed by atoms with Crippen LogP contribution >= 0.6 is 0 Å². The zero-order valence-electron chi connectivity index (χ0n) is 15.5. The first-order chi connectivity index (χ1) is 11.1. The maximum atomic E-state index is 12.1. The van der Waals surface area contributed by atoms with Gasteiger partial charge in [0.15, 0.2) is 5.60 Å². The van der Waals surface area contributed by atoms with Crippen molar-refractivity contribution in [3.8, 4) is 0 Å². The van der Waals surface area contributed by atoms with Crippen LogP contribution in [0.4, 0.5) is 0 Å². The molecule has 1 rings (SSSR count). The Bertz CT molecular complexity index is 362. The molecule has 1 aliphatic heterocycles. The molecule has 0 fully saturated rings. The van der Waals surface area contributed by atoms with Gasteiger partial charge < -0.3 is 9.47 Å². The Morgan fingerprint density at radius 1 is 1.00 bits per heavy atom. The molecule has 3 nitrogen and oxygen atoms in total. The Morgan fingerprint density at radius 2 is 1.57 bits per heavy atom. The molecule has 3 heteroatoms. The summed E-state index contributed by atoms with van der Waals surface area (Å²) in [5, 5.41) is 0. The molecule has 1 heterocycles. The van der Waals surface area contributed by atoms with Crippen LogP contribution < -0.4 is 0 Å². The molecule has 0 aromatic rings. The van der Waals surface area contributed by atoms with E-state index in [0.29, 0.717) is 13.0 Å². The number of methoxy groups -OCH3 is 1. The molecule has 0 spiro atoms. The average molecular weight is 325 g/mol. The van der Waals surface area contributed by atoms with E-state index in [1.54, 1.807) is 13.2 Å². The fourth-order valence-electron chi connectivity index (χ4n) is 3.12. The molecule has 0 bridgehead atoms. The van der Waals surface area contributed by atoms with Crippen molar-refractivity contribution in [3.05, 3.63) is 11.8 Å². The Morgan fingerprint density at radius 3 is 2.13 bits per heavy atom. The van der Waals surface area contributed by atoms with Crippen molar-refractivity contribution in [1.82, 2.24) is 0 Å². The highest BCUT2D eigenvalue weighted by Crippen LogP contribution is 2.31. The summed E-state index contributed by atoms with van der Waals surface area (Å²) in [7, 11) is 1.67. The summed E-state index contributed by atoms with van der Waals surface area (Å²) in [5.74, 6) is 0.908. The summed E-state index contributed by atoms with van der Waals surface area (Å²) in [6.07, 6.45) is 16.3. The highest BCUT2D eigenvalue weighted by molar-refractivity contribution is 5.99. The highest BCUT2D eigenvalue weighted by atomic mass is 16.5. The van der Waals surface area contributed by atoms with Crippen LogP contribution in [0, 0.1) is 0 Å². The molecule has 0 aromatic carbocycles. The van der Waals surface area contributed by atoms with E-state index in [-0.39, 0.29) is 5.78 Å². The molecule has 1 unspecified atom stereocenters. The third kappa shape index (κ3) is 8.01. The predicted molar refractivity (Wildman–Crippen MR) is 95.5 cm³/mol. The fourth-order valence-corrected chi connectivity index (χ4v) is 3.12. The molecule has 1 aliphatic rings. The molecule has 0 N–H and O–H groups in total. The van der Waals surface area contributed by atoms with Crippen molar-refractivity contribution in [2.24, 2.45) is 0 Å². The number of unbranched alkanes of at least 4 members (excludes halogenated alkanes) is 9. The molecule has 0 saturated heterocycles. The van der Waals surface area contributed by atoms with Crippen molar-refractivity contribution in [1.29, 1.82) is 0 Å². The van der Waals surface area contributed by atoms with Gasteiger partial charge in [0.05, 0.1) is 6.61 Å². The number of ketones is 1. The van der Waals surface area contributed by atoms with Gasteiger partial charge in [0, 0.05) is 19.6 Å². The van der Waals surface area contributed by atoms with Crippen LogP contribution in [0.15, 0.2) is 11.8 Å². The Balaban J connectivity index is 2.04. The van der Waals surface area contributed by atoms with Gasteiger partial charge in [-0.05, 0) is 19.8 Å². The van der Waals surface area contributed by atoms with Crippen LogP contribution in [-0.2, 0) is 14.3 Å². The Kier molecular flexibility index (Phi) is 10.3. The van der Waals surface area contributed by atoms with Crippen molar-refractivity contribution in [2.75, 3.05) is 13.7 Å². The third-order valence-corrected chi connectivity index (χ3v) is 4.73. The van der Waals surface area contributed by atoms with Gasteiger partial charge in [0.1, 0.15) is 5.76 Å². The van der Waals surface area contributed by atoms with Gasteiger partial charge in [-0.3, -0.25) is 4.79 Å². The summed E-state index contributed by atoms with van der Waals surface area (Å²) in [4.78, 5) is 12.1. The molecular weight excluding hydrogens is 288 g/mol. The van der Waals surface area contributed by atoms with Crippen LogP contribution in [-0.4, -0.2) is 25.1 Å². The Hall–Kier alpha value is -0.830. The minimum Gasteiger partial charge on any atom is -0.484 e. The van der Waals surface area contributed by atoms with E-state index < -0.39 is 5.60 Å². The Labute approximate surface area is 142 Å². The maximum absolute atomic E-state index is 12.1. The third-order valence-electron chi connectivity index (χ3n) is 4.73. The molecule has 1 atom stereocenters. The van der Waals surface area contributed by atoms with Crippen molar-refractivity contribution >= 4 is 5.78 Å². The lowest BCUT2D eigenvalue weighted by molar-refractivity contribution is -0.129. The second kappa shape index (κ2) is 11.7. The fraction of sp³-hybridized carbons (Fsp3) is 0.850. The quantitative estimate of drug-likeness (QED) is 0.391. The largest absolute Gasteiger partial charge is 0.484 e. The lowest BCUT2D eigenvalue weighted by Crippen LogP contribution is -2.32. The smallest absolute Gasteiger partial charge is 0.202 e. The SMILES string of the molecule is CCCCCCCCCCCCC1(C)OC(CCOC)=CC1=O. The number of carbonyl (C=O) groups excluding carboxylic acids is 1. The number of hydrogen-bond acceptors (Lipinski definition) is 3. The van der Waals surface area contributed by atoms with Crippen LogP contribution in [0.25, 0.3) is 0 Å². The van der Waals surface area contributed by atoms with E-state index in [9.17, 15) is 4.79 Å². The van der Waals surface area contributed by atoms with Gasteiger partial charge in [0.2, 0.25) is 5.78 Å². The molecule has 0 aromatic heterocycles. The minimum atomic E-state index is -0.622. The van der Waals surface area contributed by atoms with E-state index >= 15 is 0 Å². The standard InChI is InChI=1S/C20H36O3/c1-4-5-6-7-8-9-10-11-12-13-15-20(2)19(21)17-18(23-20)14-16-22-3/h17H,4-16H2,1-3H3. The zero-order valence-corrected chi connectivity index (χ0v) is 15.5. The summed E-state index contributed by atoms with van der Waals surface area (Å²) in [5.41, 5.74) is -0.622. The van der Waals surface area contributed by atoms with Crippen molar-refractivity contribution < 1.29 is 14.3 Å². The second-order valence-corrected chi connectivity index (χ2v) is 6.98. The van der Waals surface area contributed by atoms with Gasteiger partial charge >= 0.3 is 0 Å². The molecular formula is C20H36O3. The molecule has 0 saturated carbocycles. The van der Waals surface area contributed by atoms with E-state index in [2.05, 4.69) is 6.92 Å². The summed E-state index contributed by atoms with van der Waals surface area (Å²) in [6, 6.07) is 0. The molecule has 0 amide bonds. The monoisotopic (exact) mass is 324 g/mol. The van der Waals surface area contributed by atoms with Crippen LogP contribution in [0.3, 0.4) is 0 Å². The summed E-state index contributed by atoms with van der Waals surface area (Å²) < 4.78 is 10.9. The number of hydrogen-bond donors (Lipinski definition) is 0. The first-order valence-corrected chi connectivity index (χ1v) is 9.55. The molecule has 0 aliphatic carbocycles. The second-order valence-electron chi connectivity index (χ2n) is 6.98. The van der Waals surface area contributed by atoms with E-state index in [1.165, 1.54) is 57.8 Å². The van der Waals surface area contributed by atoms with Crippen LogP contribution in [0.1, 0.15) is 90.9 Å². The van der Waals surface area contributed by atoms with Gasteiger partial charge in [-0.25, -0.2) is 0 Å². The van der Waals surface area contributed by atoms with Gasteiger partial charge in [-0.15, -0.1) is 0 Å². The first-order valence-electron chi connectivity index (χ1n) is 9.55. The highest BCUT2D eigenvalue weighted by Gasteiger charge is 2.38. The zero-order chi connectivity index (χ0) is 17.0. The summed E-state index contributed by atoms with van der Waals surface area (Å²) in [6.45, 7) is 4.79. The van der Waals surface area contributed by atoms with E-state index in [4.69, 9.17) is 9.47 Å². The average Bonchev–Trinajstić information content (AvgIpc) is 2.82. The molecule has 134 valence electrons. The molecule has 23 heavy (non-hydrogen) atoms. The van der Waals surface area contributed by atoms with Crippen LogP contribution in [0.5, 0.6) is 0 Å². The predicted octanol–water partition coefficient (Wildman–Crippen LogP) is 5.58. The van der Waals surface area contributed by atoms with E-state index in [0.717, 1.165) is 18.6 Å². The maximum Gasteiger partial charge on any atom is 0.202 e. The lowest BCUT2D eigenvalue weighted by Gasteiger charge is -2.23. The topological polar surface area (TPSA) is 35.5 Å². The lowest BCUT2D eigenvalue weighted by atomic mass is 9.94.